The fourth-order valence-electron chi connectivity index (χ4n) is 3.75. The van der Waals surface area contributed by atoms with Crippen LogP contribution in [0.5, 0.6) is 5.75 Å². The van der Waals surface area contributed by atoms with Crippen LogP contribution in [0.2, 0.25) is 0 Å². The minimum atomic E-state index is -0.0400. The molecule has 1 saturated heterocycles. The van der Waals surface area contributed by atoms with Crippen molar-refractivity contribution < 1.29 is 18.8 Å². The van der Waals surface area contributed by atoms with E-state index in [0.29, 0.717) is 49.1 Å². The number of likely N-dealkylation sites (tertiary alicyclic amines) is 1. The van der Waals surface area contributed by atoms with E-state index in [9.17, 15) is 9.59 Å². The molecule has 1 aliphatic rings. The molecule has 0 bridgehead atoms. The molecule has 2 aromatic rings. The Labute approximate surface area is 177 Å². The molecule has 30 heavy (non-hydrogen) atoms. The average molecular weight is 415 g/mol. The highest BCUT2D eigenvalue weighted by Gasteiger charge is 2.30. The molecule has 0 aliphatic carbocycles. The Morgan fingerprint density at radius 3 is 2.83 bits per heavy atom. The van der Waals surface area contributed by atoms with Gasteiger partial charge < -0.3 is 19.1 Å². The van der Waals surface area contributed by atoms with Crippen LogP contribution in [0, 0.1) is 0 Å². The van der Waals surface area contributed by atoms with Gasteiger partial charge in [0.15, 0.2) is 5.82 Å². The Kier molecular flexibility index (Phi) is 7.07. The van der Waals surface area contributed by atoms with Crippen LogP contribution < -0.4 is 4.74 Å². The van der Waals surface area contributed by atoms with Crippen molar-refractivity contribution in [3.8, 4) is 5.75 Å². The van der Waals surface area contributed by atoms with Crippen LogP contribution in [0.25, 0.3) is 0 Å². The smallest absolute Gasteiger partial charge is 0.254 e. The second kappa shape index (κ2) is 9.73. The van der Waals surface area contributed by atoms with Crippen molar-refractivity contribution in [2.75, 3.05) is 26.7 Å². The number of ether oxygens (including phenoxy) is 1. The summed E-state index contributed by atoms with van der Waals surface area (Å²) >= 11 is 0. The number of piperidine rings is 1. The maximum atomic E-state index is 13.0. The zero-order chi connectivity index (χ0) is 21.7. The first-order valence-electron chi connectivity index (χ1n) is 10.4. The van der Waals surface area contributed by atoms with Gasteiger partial charge in [0.25, 0.3) is 5.91 Å². The lowest BCUT2D eigenvalue weighted by molar-refractivity contribution is -0.132. The summed E-state index contributed by atoms with van der Waals surface area (Å²) in [7, 11) is 1.58. The molecule has 1 aromatic carbocycles. The first kappa shape index (κ1) is 21.8. The maximum absolute atomic E-state index is 13.0. The number of nitrogens with zero attached hydrogens (tertiary/aromatic N) is 4. The van der Waals surface area contributed by atoms with Crippen molar-refractivity contribution in [2.45, 2.75) is 52.0 Å². The third kappa shape index (κ3) is 5.17. The first-order valence-corrected chi connectivity index (χ1v) is 10.4. The van der Waals surface area contributed by atoms with Crippen molar-refractivity contribution in [1.82, 2.24) is 19.9 Å². The van der Waals surface area contributed by atoms with Crippen molar-refractivity contribution in [3.05, 3.63) is 41.5 Å². The number of aromatic nitrogens is 2. The molecule has 2 heterocycles. The second-order valence-corrected chi connectivity index (χ2v) is 7.95. The number of hydrogen-bond donors (Lipinski definition) is 0. The summed E-state index contributed by atoms with van der Waals surface area (Å²) in [6.45, 7) is 7.25. The number of amides is 2. The molecule has 1 unspecified atom stereocenters. The normalized spacial score (nSPS) is 16.6. The molecule has 162 valence electrons. The summed E-state index contributed by atoms with van der Waals surface area (Å²) in [5.74, 6) is 1.98. The van der Waals surface area contributed by atoms with E-state index in [0.717, 1.165) is 12.8 Å². The van der Waals surface area contributed by atoms with Crippen molar-refractivity contribution >= 4 is 11.8 Å². The molecule has 0 N–H and O–H groups in total. The molecular weight excluding hydrogens is 384 g/mol. The fourth-order valence-corrected chi connectivity index (χ4v) is 3.75. The summed E-state index contributed by atoms with van der Waals surface area (Å²) < 4.78 is 10.5. The van der Waals surface area contributed by atoms with E-state index >= 15 is 0 Å². The zero-order valence-corrected chi connectivity index (χ0v) is 18.1. The topological polar surface area (TPSA) is 88.8 Å². The minimum Gasteiger partial charge on any atom is -0.497 e. The summed E-state index contributed by atoms with van der Waals surface area (Å²) in [4.78, 5) is 33.4. The second-order valence-electron chi connectivity index (χ2n) is 7.95. The van der Waals surface area contributed by atoms with Crippen LogP contribution in [0.4, 0.5) is 0 Å². The first-order chi connectivity index (χ1) is 14.4. The third-order valence-corrected chi connectivity index (χ3v) is 5.40. The van der Waals surface area contributed by atoms with Gasteiger partial charge in [-0.1, -0.05) is 25.1 Å². The molecule has 1 atom stereocenters. The van der Waals surface area contributed by atoms with Gasteiger partial charge in [0.05, 0.1) is 7.11 Å². The van der Waals surface area contributed by atoms with E-state index in [4.69, 9.17) is 9.26 Å². The number of hydrogen-bond acceptors (Lipinski definition) is 6. The summed E-state index contributed by atoms with van der Waals surface area (Å²) in [5.41, 5.74) is 0.595. The zero-order valence-electron chi connectivity index (χ0n) is 18.1. The highest BCUT2D eigenvalue weighted by Crippen LogP contribution is 2.21. The molecule has 2 amide bonds. The van der Waals surface area contributed by atoms with Gasteiger partial charge in [-0.05, 0) is 31.0 Å². The molecule has 0 radical (unpaired) electrons. The number of rotatable bonds is 7. The highest BCUT2D eigenvalue weighted by atomic mass is 16.5. The van der Waals surface area contributed by atoms with Crippen LogP contribution in [0.3, 0.4) is 0 Å². The fraction of sp³-hybridized carbons (Fsp3) is 0.545. The quantitative estimate of drug-likeness (QED) is 0.692. The summed E-state index contributed by atoms with van der Waals surface area (Å²) in [5, 5.41) is 4.01. The Balaban J connectivity index is 1.65. The average Bonchev–Trinajstić information content (AvgIpc) is 3.23. The molecule has 1 fully saturated rings. The van der Waals surface area contributed by atoms with Gasteiger partial charge in [-0.15, -0.1) is 0 Å². The standard InChI is InChI=1S/C22H30N4O4/c1-15(2)21-23-20(24-30-21)10-12-26(16(3)27)18-8-6-11-25(14-18)22(28)17-7-5-9-19(13-17)29-4/h5,7,9,13,15,18H,6,8,10-12,14H2,1-4H3. The van der Waals surface area contributed by atoms with Crippen molar-refractivity contribution in [3.63, 3.8) is 0 Å². The Bertz CT molecular complexity index is 880. The van der Waals surface area contributed by atoms with Gasteiger partial charge in [-0.2, -0.15) is 4.98 Å². The Morgan fingerprint density at radius 2 is 2.17 bits per heavy atom. The van der Waals surface area contributed by atoms with Crippen LogP contribution in [0.15, 0.2) is 28.8 Å². The lowest BCUT2D eigenvalue weighted by atomic mass is 10.0. The monoisotopic (exact) mass is 414 g/mol. The molecule has 1 aliphatic heterocycles. The number of methoxy groups -OCH3 is 1. The molecular formula is C22H30N4O4. The van der Waals surface area contributed by atoms with Crippen molar-refractivity contribution in [2.24, 2.45) is 0 Å². The van der Waals surface area contributed by atoms with Gasteiger partial charge in [-0.3, -0.25) is 9.59 Å². The predicted octanol–water partition coefficient (Wildman–Crippen LogP) is 2.90. The predicted molar refractivity (Wildman–Crippen MR) is 111 cm³/mol. The van der Waals surface area contributed by atoms with E-state index in [1.165, 1.54) is 0 Å². The van der Waals surface area contributed by atoms with E-state index < -0.39 is 0 Å². The largest absolute Gasteiger partial charge is 0.497 e. The van der Waals surface area contributed by atoms with Gasteiger partial charge in [0.1, 0.15) is 5.75 Å². The number of carbonyl (C=O) groups is 2. The number of carbonyl (C=O) groups excluding carboxylic acids is 2. The molecule has 0 saturated carbocycles. The van der Waals surface area contributed by atoms with Crippen LogP contribution in [-0.4, -0.2) is 64.5 Å². The van der Waals surface area contributed by atoms with E-state index in [2.05, 4.69) is 10.1 Å². The van der Waals surface area contributed by atoms with Gasteiger partial charge in [-0.25, -0.2) is 0 Å². The van der Waals surface area contributed by atoms with E-state index in [1.54, 1.807) is 26.2 Å². The van der Waals surface area contributed by atoms with Gasteiger partial charge >= 0.3 is 0 Å². The van der Waals surface area contributed by atoms with Gasteiger partial charge in [0, 0.05) is 50.5 Å². The Morgan fingerprint density at radius 1 is 1.37 bits per heavy atom. The lowest BCUT2D eigenvalue weighted by Crippen LogP contribution is -2.51. The van der Waals surface area contributed by atoms with Crippen LogP contribution in [0.1, 0.15) is 61.6 Å². The van der Waals surface area contributed by atoms with Crippen molar-refractivity contribution in [1.29, 1.82) is 0 Å². The SMILES string of the molecule is COc1cccc(C(=O)N2CCCC(N(CCc3noc(C(C)C)n3)C(C)=O)C2)c1. The molecule has 8 nitrogen and oxygen atoms in total. The van der Waals surface area contributed by atoms with Crippen LogP contribution in [-0.2, 0) is 11.2 Å². The maximum Gasteiger partial charge on any atom is 0.254 e. The summed E-state index contributed by atoms with van der Waals surface area (Å²) in [6, 6.07) is 7.14. The Hall–Kier alpha value is -2.90. The molecule has 8 heteroatoms. The van der Waals surface area contributed by atoms with E-state index in [-0.39, 0.29) is 23.8 Å². The molecule has 1 aromatic heterocycles. The van der Waals surface area contributed by atoms with E-state index in [1.807, 2.05) is 35.8 Å². The molecule has 3 rings (SSSR count). The third-order valence-electron chi connectivity index (χ3n) is 5.40. The minimum absolute atomic E-state index is 0.0109. The van der Waals surface area contributed by atoms with Gasteiger partial charge in [0.2, 0.25) is 11.8 Å². The van der Waals surface area contributed by atoms with Crippen LogP contribution >= 0.6 is 0 Å². The highest BCUT2D eigenvalue weighted by molar-refractivity contribution is 5.94. The summed E-state index contributed by atoms with van der Waals surface area (Å²) in [6.07, 6.45) is 2.24. The number of benzene rings is 1. The molecule has 0 spiro atoms. The lowest BCUT2D eigenvalue weighted by Gasteiger charge is -2.39.